The molecule has 8 nitrogen and oxygen atoms in total. The van der Waals surface area contributed by atoms with Gasteiger partial charge >= 0.3 is 0 Å². The third-order valence-corrected chi connectivity index (χ3v) is 4.26. The number of phenols is 1. The second-order valence-electron chi connectivity index (χ2n) is 5.94. The molecule has 3 rings (SSSR count). The number of nitrogens with zero attached hydrogens (tertiary/aromatic N) is 4. The van der Waals surface area contributed by atoms with Gasteiger partial charge in [0.2, 0.25) is 0 Å². The summed E-state index contributed by atoms with van der Waals surface area (Å²) in [6, 6.07) is 14.3. The molecule has 1 heterocycles. The van der Waals surface area contributed by atoms with Gasteiger partial charge in [0, 0.05) is 10.6 Å². The molecule has 0 aliphatic heterocycles. The monoisotopic (exact) mass is 407 g/mol. The highest BCUT2D eigenvalue weighted by atomic mass is 35.5. The average Bonchev–Trinajstić information content (AvgIpc) is 2.71. The predicted molar refractivity (Wildman–Crippen MR) is 107 cm³/mol. The summed E-state index contributed by atoms with van der Waals surface area (Å²) in [7, 11) is 0. The van der Waals surface area contributed by atoms with E-state index < -0.39 is 11.5 Å². The predicted octanol–water partition coefficient (Wildman–Crippen LogP) is 2.54. The van der Waals surface area contributed by atoms with Crippen molar-refractivity contribution >= 4 is 23.7 Å². The summed E-state index contributed by atoms with van der Waals surface area (Å²) in [6.07, 6.45) is 1.38. The molecule has 0 atom stereocenters. The van der Waals surface area contributed by atoms with Crippen LogP contribution in [0.5, 0.6) is 5.75 Å². The van der Waals surface area contributed by atoms with Crippen LogP contribution in [0, 0.1) is 18.3 Å². The van der Waals surface area contributed by atoms with Crippen LogP contribution in [0.1, 0.15) is 27.2 Å². The second-order valence-corrected chi connectivity index (χ2v) is 6.38. The minimum atomic E-state index is -0.684. The van der Waals surface area contributed by atoms with E-state index in [0.29, 0.717) is 16.3 Å². The number of nitrogens with one attached hydrogen (secondary N) is 1. The number of carbonyl (C=O) groups excluding carboxylic acids is 1. The van der Waals surface area contributed by atoms with Gasteiger partial charge in [0.05, 0.1) is 11.9 Å². The van der Waals surface area contributed by atoms with Crippen LogP contribution in [0.4, 0.5) is 0 Å². The summed E-state index contributed by atoms with van der Waals surface area (Å²) in [4.78, 5) is 25.1. The van der Waals surface area contributed by atoms with E-state index in [0.717, 1.165) is 4.68 Å². The quantitative estimate of drug-likeness (QED) is 0.508. The number of halogens is 1. The zero-order valence-electron chi connectivity index (χ0n) is 15.1. The lowest BCUT2D eigenvalue weighted by atomic mass is 10.1. The van der Waals surface area contributed by atoms with Crippen molar-refractivity contribution in [2.45, 2.75) is 6.92 Å². The van der Waals surface area contributed by atoms with Gasteiger partial charge in [0.25, 0.3) is 11.5 Å². The van der Waals surface area contributed by atoms with Crippen molar-refractivity contribution < 1.29 is 9.90 Å². The smallest absolute Gasteiger partial charge is 0.292 e. The van der Waals surface area contributed by atoms with Gasteiger partial charge in [0.1, 0.15) is 17.4 Å². The minimum Gasteiger partial charge on any atom is -0.508 e. The van der Waals surface area contributed by atoms with E-state index in [9.17, 15) is 20.0 Å². The molecule has 0 bridgehead atoms. The average molecular weight is 408 g/mol. The highest BCUT2D eigenvalue weighted by Gasteiger charge is 2.20. The molecule has 29 heavy (non-hydrogen) atoms. The lowest BCUT2D eigenvalue weighted by Gasteiger charge is -2.10. The maximum absolute atomic E-state index is 12.6. The van der Waals surface area contributed by atoms with Crippen LogP contribution in [0.3, 0.4) is 0 Å². The van der Waals surface area contributed by atoms with Gasteiger partial charge < -0.3 is 5.11 Å². The molecule has 2 N–H and O–H groups in total. The van der Waals surface area contributed by atoms with Crippen molar-refractivity contribution in [3.8, 4) is 17.5 Å². The van der Waals surface area contributed by atoms with Gasteiger partial charge in [-0.25, -0.2) is 5.43 Å². The summed E-state index contributed by atoms with van der Waals surface area (Å²) < 4.78 is 0.973. The highest BCUT2D eigenvalue weighted by Crippen LogP contribution is 2.14. The number of phenolic OH excluding ortho intramolecular Hbond substituents is 1. The molecule has 0 aliphatic carbocycles. The molecule has 0 saturated carbocycles. The molecule has 3 aromatic rings. The van der Waals surface area contributed by atoms with Crippen molar-refractivity contribution in [1.29, 1.82) is 5.26 Å². The van der Waals surface area contributed by atoms with Crippen LogP contribution in [-0.2, 0) is 0 Å². The molecule has 144 valence electrons. The molecular weight excluding hydrogens is 394 g/mol. The Morgan fingerprint density at radius 2 is 1.90 bits per heavy atom. The van der Waals surface area contributed by atoms with Gasteiger partial charge in [-0.2, -0.15) is 20.1 Å². The van der Waals surface area contributed by atoms with Crippen LogP contribution in [0.25, 0.3) is 5.69 Å². The number of hydrogen-bond donors (Lipinski definition) is 2. The minimum absolute atomic E-state index is 0.111. The van der Waals surface area contributed by atoms with E-state index in [1.807, 2.05) is 6.07 Å². The zero-order valence-corrected chi connectivity index (χ0v) is 15.9. The normalized spacial score (nSPS) is 10.7. The number of hydrazone groups is 1. The molecule has 2 aromatic carbocycles. The Labute approximate surface area is 170 Å². The van der Waals surface area contributed by atoms with Crippen molar-refractivity contribution in [2.24, 2.45) is 5.10 Å². The Bertz CT molecular complexity index is 1190. The molecule has 1 amide bonds. The largest absolute Gasteiger partial charge is 0.508 e. The summed E-state index contributed by atoms with van der Waals surface area (Å²) in [6.45, 7) is 1.47. The SMILES string of the molecule is Cc1c(C(=O)N/N=C/c2ccc(O)cc2)nn(-c2ccc(Cl)cc2)c(=O)c1C#N. The molecule has 0 fully saturated rings. The first-order valence-corrected chi connectivity index (χ1v) is 8.71. The number of aromatic nitrogens is 2. The Balaban J connectivity index is 1.95. The first-order chi connectivity index (χ1) is 13.9. The highest BCUT2D eigenvalue weighted by molar-refractivity contribution is 6.30. The summed E-state index contributed by atoms with van der Waals surface area (Å²) >= 11 is 5.87. The van der Waals surface area contributed by atoms with Crippen molar-refractivity contribution in [1.82, 2.24) is 15.2 Å². The summed E-state index contributed by atoms with van der Waals surface area (Å²) in [5.74, 6) is -0.573. The number of rotatable bonds is 4. The van der Waals surface area contributed by atoms with E-state index in [4.69, 9.17) is 11.6 Å². The van der Waals surface area contributed by atoms with Gasteiger partial charge in [-0.3, -0.25) is 9.59 Å². The van der Waals surface area contributed by atoms with Crippen molar-refractivity contribution in [3.05, 3.63) is 86.3 Å². The van der Waals surface area contributed by atoms with E-state index in [-0.39, 0.29) is 22.6 Å². The number of aromatic hydroxyl groups is 1. The van der Waals surface area contributed by atoms with Crippen molar-refractivity contribution in [2.75, 3.05) is 0 Å². The van der Waals surface area contributed by atoms with Crippen molar-refractivity contribution in [3.63, 3.8) is 0 Å². The molecule has 9 heteroatoms. The topological polar surface area (TPSA) is 120 Å². The van der Waals surface area contributed by atoms with E-state index >= 15 is 0 Å². The Hall–Kier alpha value is -3.96. The first-order valence-electron chi connectivity index (χ1n) is 8.33. The lowest BCUT2D eigenvalue weighted by molar-refractivity contribution is 0.0947. The van der Waals surface area contributed by atoms with Crippen LogP contribution in [0.15, 0.2) is 58.4 Å². The summed E-state index contributed by atoms with van der Waals surface area (Å²) in [5, 5.41) is 27.1. The molecule has 0 aliphatic rings. The van der Waals surface area contributed by atoms with Crippen LogP contribution in [-0.4, -0.2) is 27.0 Å². The van der Waals surface area contributed by atoms with Gasteiger partial charge in [-0.15, -0.1) is 0 Å². The molecule has 0 saturated heterocycles. The molecule has 0 spiro atoms. The maximum atomic E-state index is 12.6. The van der Waals surface area contributed by atoms with Gasteiger partial charge in [-0.1, -0.05) is 11.6 Å². The maximum Gasteiger partial charge on any atom is 0.292 e. The van der Waals surface area contributed by atoms with E-state index in [1.54, 1.807) is 36.4 Å². The first kappa shape index (κ1) is 19.8. The Morgan fingerprint density at radius 3 is 2.52 bits per heavy atom. The fourth-order valence-electron chi connectivity index (χ4n) is 2.49. The number of hydrogen-bond acceptors (Lipinski definition) is 6. The van der Waals surface area contributed by atoms with Crippen LogP contribution >= 0.6 is 11.6 Å². The lowest BCUT2D eigenvalue weighted by Crippen LogP contribution is -2.31. The number of amides is 1. The number of benzene rings is 2. The third kappa shape index (κ3) is 4.31. The van der Waals surface area contributed by atoms with E-state index in [1.165, 1.54) is 25.3 Å². The Kier molecular flexibility index (Phi) is 5.71. The van der Waals surface area contributed by atoms with Crippen LogP contribution < -0.4 is 11.0 Å². The standard InChI is InChI=1S/C20H14ClN5O3/c1-12-17(10-22)20(29)26(15-6-4-14(21)5-7-15)25-18(12)19(28)24-23-11-13-2-8-16(27)9-3-13/h2-9,11,27H,1H3,(H,24,28)/b23-11+. The fraction of sp³-hybridized carbons (Fsp3) is 0.0500. The third-order valence-electron chi connectivity index (χ3n) is 4.01. The number of nitriles is 1. The summed E-state index contributed by atoms with van der Waals surface area (Å²) in [5.41, 5.74) is 2.54. The van der Waals surface area contributed by atoms with Gasteiger partial charge in [-0.05, 0) is 61.0 Å². The number of carbonyl (C=O) groups is 1. The van der Waals surface area contributed by atoms with E-state index in [2.05, 4.69) is 15.6 Å². The molecule has 0 unspecified atom stereocenters. The molecule has 0 radical (unpaired) electrons. The molecular formula is C20H14ClN5O3. The zero-order chi connectivity index (χ0) is 21.0. The van der Waals surface area contributed by atoms with Crippen LogP contribution in [0.2, 0.25) is 5.02 Å². The fourth-order valence-corrected chi connectivity index (χ4v) is 2.61. The Morgan fingerprint density at radius 1 is 1.24 bits per heavy atom. The molecule has 1 aromatic heterocycles. The second kappa shape index (κ2) is 8.37. The van der Waals surface area contributed by atoms with Gasteiger partial charge in [0.15, 0.2) is 5.69 Å².